The summed E-state index contributed by atoms with van der Waals surface area (Å²) in [6.07, 6.45) is 4.27. The maximum atomic E-state index is 13.1. The van der Waals surface area contributed by atoms with Gasteiger partial charge in [0.15, 0.2) is 6.61 Å². The Bertz CT molecular complexity index is 1320. The lowest BCUT2D eigenvalue weighted by atomic mass is 9.99. The first-order chi connectivity index (χ1) is 16.4. The van der Waals surface area contributed by atoms with Crippen molar-refractivity contribution < 1.29 is 22.7 Å². The van der Waals surface area contributed by atoms with Gasteiger partial charge in [0.25, 0.3) is 5.91 Å². The average Bonchev–Trinajstić information content (AvgIpc) is 3.31. The molecule has 0 saturated carbocycles. The second-order valence-electron chi connectivity index (χ2n) is 8.64. The minimum absolute atomic E-state index is 0.201. The van der Waals surface area contributed by atoms with E-state index in [1.807, 2.05) is 30.3 Å². The first-order valence-electron chi connectivity index (χ1n) is 11.5. The van der Waals surface area contributed by atoms with Gasteiger partial charge >= 0.3 is 5.97 Å². The van der Waals surface area contributed by atoms with Gasteiger partial charge in [-0.2, -0.15) is 4.31 Å². The normalized spacial score (nSPS) is 16.9. The number of rotatable bonds is 5. The van der Waals surface area contributed by atoms with Crippen LogP contribution in [0, 0.1) is 0 Å². The van der Waals surface area contributed by atoms with Crippen molar-refractivity contribution in [2.24, 2.45) is 0 Å². The van der Waals surface area contributed by atoms with Gasteiger partial charge in [-0.25, -0.2) is 13.2 Å². The van der Waals surface area contributed by atoms with Gasteiger partial charge in [-0.1, -0.05) is 30.3 Å². The number of nitrogens with zero attached hydrogens (tertiary/aromatic N) is 2. The van der Waals surface area contributed by atoms with Gasteiger partial charge in [0.1, 0.15) is 4.88 Å². The van der Waals surface area contributed by atoms with Crippen LogP contribution >= 0.6 is 11.3 Å². The molecule has 1 amide bonds. The van der Waals surface area contributed by atoms with E-state index in [-0.39, 0.29) is 43.6 Å². The summed E-state index contributed by atoms with van der Waals surface area (Å²) >= 11 is 1.46. The van der Waals surface area contributed by atoms with E-state index >= 15 is 0 Å². The van der Waals surface area contributed by atoms with Crippen molar-refractivity contribution in [3.8, 4) is 0 Å². The van der Waals surface area contributed by atoms with Gasteiger partial charge in [0, 0.05) is 31.1 Å². The summed E-state index contributed by atoms with van der Waals surface area (Å²) in [5.41, 5.74) is 1.22. The summed E-state index contributed by atoms with van der Waals surface area (Å²) in [5.74, 6) is -0.775. The van der Waals surface area contributed by atoms with Crippen molar-refractivity contribution in [2.75, 3.05) is 32.8 Å². The summed E-state index contributed by atoms with van der Waals surface area (Å²) in [6.45, 7) is 0.588. The number of sulfonamides is 1. The Hall–Kier alpha value is -2.75. The molecule has 2 heterocycles. The molecule has 0 atom stereocenters. The van der Waals surface area contributed by atoms with Gasteiger partial charge in [-0.05, 0) is 60.2 Å². The maximum absolute atomic E-state index is 13.1. The number of hydrogen-bond acceptors (Lipinski definition) is 6. The summed E-state index contributed by atoms with van der Waals surface area (Å²) in [4.78, 5) is 28.6. The molecule has 0 spiro atoms. The second-order valence-corrected chi connectivity index (χ2v) is 11.7. The highest BCUT2D eigenvalue weighted by molar-refractivity contribution is 7.89. The number of esters is 1. The molecule has 0 unspecified atom stereocenters. The lowest BCUT2D eigenvalue weighted by Crippen LogP contribution is -2.51. The van der Waals surface area contributed by atoms with Crippen molar-refractivity contribution in [3.63, 3.8) is 0 Å². The van der Waals surface area contributed by atoms with Crippen LogP contribution in [0.4, 0.5) is 0 Å². The summed E-state index contributed by atoms with van der Waals surface area (Å²) < 4.78 is 32.9. The Balaban J connectivity index is 1.16. The smallest absolute Gasteiger partial charge is 0.348 e. The third-order valence-electron chi connectivity index (χ3n) is 6.47. The van der Waals surface area contributed by atoms with Gasteiger partial charge in [-0.3, -0.25) is 4.79 Å². The minimum Gasteiger partial charge on any atom is -0.451 e. The lowest BCUT2D eigenvalue weighted by Gasteiger charge is -2.33. The summed E-state index contributed by atoms with van der Waals surface area (Å²) in [6, 6.07) is 14.6. The number of thiophene rings is 1. The Morgan fingerprint density at radius 3 is 2.41 bits per heavy atom. The number of fused-ring (bicyclic) bond motifs is 2. The number of carbonyl (C=O) groups excluding carboxylic acids is 2. The molecule has 9 heteroatoms. The van der Waals surface area contributed by atoms with Crippen LogP contribution in [0.1, 0.15) is 33.0 Å². The summed E-state index contributed by atoms with van der Waals surface area (Å²) in [5, 5.41) is 1.85. The van der Waals surface area contributed by atoms with Gasteiger partial charge in [0.2, 0.25) is 10.0 Å². The van der Waals surface area contributed by atoms with Crippen LogP contribution in [-0.2, 0) is 32.4 Å². The highest BCUT2D eigenvalue weighted by Gasteiger charge is 2.30. The quantitative estimate of drug-likeness (QED) is 0.503. The fourth-order valence-electron chi connectivity index (χ4n) is 4.54. The molecule has 7 nitrogen and oxygen atoms in total. The Labute approximate surface area is 203 Å². The SMILES string of the molecule is O=C(OCC(=O)N1CCN(S(=O)(=O)c2ccc3ccccc3c2)CC1)c1cc2c(s1)CCCC2. The molecule has 1 fully saturated rings. The van der Waals surface area contributed by atoms with E-state index in [1.54, 1.807) is 23.1 Å². The molecule has 1 saturated heterocycles. The monoisotopic (exact) mass is 498 g/mol. The van der Waals surface area contributed by atoms with Crippen molar-refractivity contribution in [3.05, 3.63) is 63.8 Å². The van der Waals surface area contributed by atoms with Gasteiger partial charge in [-0.15, -0.1) is 11.3 Å². The molecular weight excluding hydrogens is 472 g/mol. The number of ether oxygens (including phenoxy) is 1. The number of amides is 1. The predicted octanol–water partition coefficient (Wildman–Crippen LogP) is 3.47. The van der Waals surface area contributed by atoms with Crippen LogP contribution in [0.3, 0.4) is 0 Å². The van der Waals surface area contributed by atoms with E-state index in [4.69, 9.17) is 4.74 Å². The van der Waals surface area contributed by atoms with Crippen molar-refractivity contribution in [2.45, 2.75) is 30.6 Å². The zero-order valence-electron chi connectivity index (χ0n) is 18.7. The molecule has 178 valence electrons. The maximum Gasteiger partial charge on any atom is 0.348 e. The molecule has 3 aromatic rings. The largest absolute Gasteiger partial charge is 0.451 e. The molecule has 2 aromatic carbocycles. The van der Waals surface area contributed by atoms with E-state index in [0.29, 0.717) is 4.88 Å². The first-order valence-corrected chi connectivity index (χ1v) is 13.7. The second kappa shape index (κ2) is 9.48. The molecule has 1 aliphatic carbocycles. The topological polar surface area (TPSA) is 84.0 Å². The average molecular weight is 499 g/mol. The Morgan fingerprint density at radius 2 is 1.65 bits per heavy atom. The molecule has 0 N–H and O–H groups in total. The Kier molecular flexibility index (Phi) is 6.42. The van der Waals surface area contributed by atoms with Crippen LogP contribution in [0.2, 0.25) is 0 Å². The fourth-order valence-corrected chi connectivity index (χ4v) is 7.14. The highest BCUT2D eigenvalue weighted by Crippen LogP contribution is 2.30. The van der Waals surface area contributed by atoms with E-state index in [0.717, 1.165) is 36.5 Å². The first kappa shape index (κ1) is 23.0. The number of carbonyl (C=O) groups is 2. The van der Waals surface area contributed by atoms with Crippen LogP contribution in [0.15, 0.2) is 53.4 Å². The minimum atomic E-state index is -3.65. The van der Waals surface area contributed by atoms with Crippen LogP contribution in [0.5, 0.6) is 0 Å². The van der Waals surface area contributed by atoms with E-state index in [2.05, 4.69) is 0 Å². The lowest BCUT2D eigenvalue weighted by molar-refractivity contribution is -0.135. The van der Waals surface area contributed by atoms with E-state index in [9.17, 15) is 18.0 Å². The molecule has 1 aliphatic heterocycles. The number of piperazine rings is 1. The van der Waals surface area contributed by atoms with Gasteiger partial charge < -0.3 is 9.64 Å². The molecule has 0 radical (unpaired) electrons. The molecule has 5 rings (SSSR count). The summed E-state index contributed by atoms with van der Waals surface area (Å²) in [7, 11) is -3.65. The Morgan fingerprint density at radius 1 is 0.912 bits per heavy atom. The molecule has 0 bridgehead atoms. The number of aryl methyl sites for hydroxylation is 2. The molecule has 1 aromatic heterocycles. The fraction of sp³-hybridized carbons (Fsp3) is 0.360. The predicted molar refractivity (Wildman–Crippen MR) is 131 cm³/mol. The van der Waals surface area contributed by atoms with Crippen LogP contribution in [0.25, 0.3) is 10.8 Å². The zero-order valence-corrected chi connectivity index (χ0v) is 20.4. The standard InChI is InChI=1S/C25H26N2O5S2/c28-24(17-32-25(29)23-16-20-7-3-4-8-22(20)33-23)26-11-13-27(14-12-26)34(30,31)21-10-9-18-5-1-2-6-19(18)15-21/h1-2,5-6,9-10,15-16H,3-4,7-8,11-14,17H2. The van der Waals surface area contributed by atoms with E-state index in [1.165, 1.54) is 26.1 Å². The van der Waals surface area contributed by atoms with Crippen molar-refractivity contribution in [1.29, 1.82) is 0 Å². The number of hydrogen-bond donors (Lipinski definition) is 0. The van der Waals surface area contributed by atoms with Crippen LogP contribution < -0.4 is 0 Å². The number of benzene rings is 2. The van der Waals surface area contributed by atoms with Crippen LogP contribution in [-0.4, -0.2) is 62.3 Å². The third-order valence-corrected chi connectivity index (χ3v) is 9.59. The third kappa shape index (κ3) is 4.60. The zero-order chi connectivity index (χ0) is 23.7. The molecule has 2 aliphatic rings. The highest BCUT2D eigenvalue weighted by atomic mass is 32.2. The van der Waals surface area contributed by atoms with E-state index < -0.39 is 16.0 Å². The molecule has 34 heavy (non-hydrogen) atoms. The van der Waals surface area contributed by atoms with Crippen molar-refractivity contribution >= 4 is 44.0 Å². The van der Waals surface area contributed by atoms with Gasteiger partial charge in [0.05, 0.1) is 4.90 Å². The van der Waals surface area contributed by atoms with Crippen molar-refractivity contribution in [1.82, 2.24) is 9.21 Å². The molecular formula is C25H26N2O5S2.